The number of hydrogen-bond donors (Lipinski definition) is 1. The lowest BCUT2D eigenvalue weighted by Crippen LogP contribution is -2.40. The molecule has 7 nitrogen and oxygen atoms in total. The van der Waals surface area contributed by atoms with Crippen molar-refractivity contribution in [3.05, 3.63) is 83.2 Å². The second kappa shape index (κ2) is 8.65. The maximum absolute atomic E-state index is 12.7. The topological polar surface area (TPSA) is 71.8 Å². The smallest absolute Gasteiger partial charge is 0.254 e. The van der Waals surface area contributed by atoms with Crippen molar-refractivity contribution in [3.63, 3.8) is 0 Å². The minimum Gasteiger partial charge on any atom is -0.384 e. The highest BCUT2D eigenvalue weighted by atomic mass is 16.5. The summed E-state index contributed by atoms with van der Waals surface area (Å²) < 4.78 is 7.11. The van der Waals surface area contributed by atoms with E-state index in [1.807, 2.05) is 47.4 Å². The van der Waals surface area contributed by atoms with Crippen LogP contribution in [0.5, 0.6) is 0 Å². The largest absolute Gasteiger partial charge is 0.384 e. The molecule has 1 fully saturated rings. The number of rotatable bonds is 2. The molecule has 1 N–H and O–H groups in total. The third kappa shape index (κ3) is 3.89. The zero-order chi connectivity index (χ0) is 22.9. The summed E-state index contributed by atoms with van der Waals surface area (Å²) in [6.45, 7) is 3.42. The summed E-state index contributed by atoms with van der Waals surface area (Å²) in [4.78, 5) is 19.0. The molecule has 4 heterocycles. The van der Waals surface area contributed by atoms with E-state index in [1.165, 1.54) is 11.3 Å². The minimum atomic E-state index is 0.0350. The summed E-state index contributed by atoms with van der Waals surface area (Å²) >= 11 is 0. The maximum atomic E-state index is 12.7. The van der Waals surface area contributed by atoms with Crippen molar-refractivity contribution in [1.29, 1.82) is 0 Å². The molecule has 34 heavy (non-hydrogen) atoms. The molecule has 0 spiro atoms. The molecule has 2 aromatic carbocycles. The third-order valence-corrected chi connectivity index (χ3v) is 6.24. The van der Waals surface area contributed by atoms with Crippen molar-refractivity contribution in [3.8, 4) is 23.1 Å². The number of aromatic nitrogens is 3. The van der Waals surface area contributed by atoms with Crippen LogP contribution in [0, 0.1) is 11.8 Å². The van der Waals surface area contributed by atoms with Crippen molar-refractivity contribution in [2.45, 2.75) is 6.42 Å². The average molecular weight is 450 g/mol. The number of fused-ring (bicyclic) bond motifs is 2. The molecule has 168 valence electrons. The van der Waals surface area contributed by atoms with E-state index in [9.17, 15) is 4.79 Å². The Morgan fingerprint density at radius 2 is 1.85 bits per heavy atom. The van der Waals surface area contributed by atoms with Crippen LogP contribution < -0.4 is 5.32 Å². The molecule has 0 aliphatic carbocycles. The van der Waals surface area contributed by atoms with Crippen LogP contribution in [0.15, 0.2) is 60.8 Å². The third-order valence-electron chi connectivity index (χ3n) is 6.24. The van der Waals surface area contributed by atoms with Crippen LogP contribution in [-0.2, 0) is 11.2 Å². The molecule has 4 aromatic rings. The lowest BCUT2D eigenvalue weighted by molar-refractivity contribution is 0.0303. The predicted molar refractivity (Wildman–Crippen MR) is 130 cm³/mol. The van der Waals surface area contributed by atoms with Crippen molar-refractivity contribution in [2.75, 3.05) is 38.2 Å². The number of carbonyl (C=O) groups is 1. The maximum Gasteiger partial charge on any atom is 0.254 e. The Labute approximate surface area is 197 Å². The second-order valence-corrected chi connectivity index (χ2v) is 8.41. The molecule has 2 aromatic heterocycles. The zero-order valence-corrected chi connectivity index (χ0v) is 18.6. The number of imidazole rings is 1. The first-order valence-corrected chi connectivity index (χ1v) is 11.5. The van der Waals surface area contributed by atoms with E-state index >= 15 is 0 Å². The van der Waals surface area contributed by atoms with Crippen LogP contribution in [0.25, 0.3) is 16.9 Å². The molecule has 0 bridgehead atoms. The lowest BCUT2D eigenvalue weighted by Gasteiger charge is -2.26. The highest BCUT2D eigenvalue weighted by Crippen LogP contribution is 2.23. The molecule has 2 aliphatic heterocycles. The van der Waals surface area contributed by atoms with Crippen LogP contribution >= 0.6 is 0 Å². The van der Waals surface area contributed by atoms with E-state index in [4.69, 9.17) is 9.84 Å². The summed E-state index contributed by atoms with van der Waals surface area (Å²) in [6, 6.07) is 17.7. The number of carbonyl (C=O) groups excluding carboxylic acids is 1. The van der Waals surface area contributed by atoms with Gasteiger partial charge in [-0.05, 0) is 60.4 Å². The fraction of sp³-hybridized carbons (Fsp3) is 0.222. The molecule has 0 radical (unpaired) electrons. The van der Waals surface area contributed by atoms with E-state index in [0.717, 1.165) is 41.1 Å². The summed E-state index contributed by atoms with van der Waals surface area (Å²) in [5.74, 6) is 6.51. The summed E-state index contributed by atoms with van der Waals surface area (Å²) in [6.07, 6.45) is 2.78. The van der Waals surface area contributed by atoms with Gasteiger partial charge in [0.05, 0.1) is 25.1 Å². The number of benzene rings is 2. The van der Waals surface area contributed by atoms with Gasteiger partial charge >= 0.3 is 0 Å². The van der Waals surface area contributed by atoms with Gasteiger partial charge in [0.15, 0.2) is 5.65 Å². The highest BCUT2D eigenvalue weighted by molar-refractivity contribution is 5.94. The molecule has 2 aliphatic rings. The fourth-order valence-corrected chi connectivity index (χ4v) is 4.36. The SMILES string of the molecule is O=C(c1ccc(-c2ccc3ncc(C#Cc4ccc5c(c4)CCN5)n3n2)cc1)N1CCOCC1. The van der Waals surface area contributed by atoms with Gasteiger partial charge in [0.25, 0.3) is 5.91 Å². The average Bonchev–Trinajstić information content (AvgIpc) is 3.54. The molecule has 1 saturated heterocycles. The minimum absolute atomic E-state index is 0.0350. The van der Waals surface area contributed by atoms with Crippen molar-refractivity contribution in [1.82, 2.24) is 19.5 Å². The number of nitrogens with zero attached hydrogens (tertiary/aromatic N) is 4. The number of morpholine rings is 1. The van der Waals surface area contributed by atoms with Crippen LogP contribution in [0.3, 0.4) is 0 Å². The van der Waals surface area contributed by atoms with Crippen molar-refractivity contribution in [2.24, 2.45) is 0 Å². The van der Waals surface area contributed by atoms with Gasteiger partial charge in [-0.2, -0.15) is 5.10 Å². The molecular weight excluding hydrogens is 426 g/mol. The summed E-state index contributed by atoms with van der Waals surface area (Å²) in [7, 11) is 0. The van der Waals surface area contributed by atoms with Crippen LogP contribution in [0.1, 0.15) is 27.2 Å². The summed E-state index contributed by atoms with van der Waals surface area (Å²) in [5.41, 5.74) is 7.35. The van der Waals surface area contributed by atoms with Gasteiger partial charge in [-0.3, -0.25) is 4.79 Å². The number of ether oxygens (including phenoxy) is 1. The van der Waals surface area contributed by atoms with E-state index in [2.05, 4.69) is 34.3 Å². The van der Waals surface area contributed by atoms with Crippen LogP contribution in [0.2, 0.25) is 0 Å². The van der Waals surface area contributed by atoms with E-state index in [0.29, 0.717) is 31.9 Å². The van der Waals surface area contributed by atoms with E-state index < -0.39 is 0 Å². The number of nitrogens with one attached hydrogen (secondary N) is 1. The van der Waals surface area contributed by atoms with Crippen LogP contribution in [0.4, 0.5) is 5.69 Å². The van der Waals surface area contributed by atoms with Gasteiger partial charge in [-0.15, -0.1) is 0 Å². The number of amides is 1. The Morgan fingerprint density at radius 1 is 1.00 bits per heavy atom. The Bertz CT molecular complexity index is 1440. The first-order chi connectivity index (χ1) is 16.7. The highest BCUT2D eigenvalue weighted by Gasteiger charge is 2.18. The normalized spacial score (nSPS) is 14.9. The molecule has 0 atom stereocenters. The molecule has 0 saturated carbocycles. The Kier molecular flexibility index (Phi) is 5.21. The molecule has 0 unspecified atom stereocenters. The second-order valence-electron chi connectivity index (χ2n) is 8.41. The standard InChI is InChI=1S/C27H23N5O2/c33-27(31-13-15-34-16-14-31)21-5-3-20(4-6-21)25-9-10-26-29-18-23(32(26)30-25)7-1-19-2-8-24-22(17-19)11-12-28-24/h2-6,8-10,17-18,28H,11-16H2. The Balaban J connectivity index is 1.26. The van der Waals surface area contributed by atoms with Gasteiger partial charge in [0.1, 0.15) is 5.69 Å². The van der Waals surface area contributed by atoms with Crippen LogP contribution in [-0.4, -0.2) is 58.3 Å². The van der Waals surface area contributed by atoms with E-state index in [-0.39, 0.29) is 5.91 Å². The monoisotopic (exact) mass is 449 g/mol. The van der Waals surface area contributed by atoms with Gasteiger partial charge in [0, 0.05) is 42.0 Å². The van der Waals surface area contributed by atoms with Gasteiger partial charge in [-0.1, -0.05) is 18.1 Å². The number of anilines is 1. The molecular formula is C27H23N5O2. The quantitative estimate of drug-likeness (QED) is 0.476. The van der Waals surface area contributed by atoms with Crippen molar-refractivity contribution < 1.29 is 9.53 Å². The van der Waals surface area contributed by atoms with Gasteiger partial charge in [0.2, 0.25) is 0 Å². The van der Waals surface area contributed by atoms with Gasteiger partial charge < -0.3 is 15.0 Å². The molecule has 1 amide bonds. The number of hydrogen-bond acceptors (Lipinski definition) is 5. The van der Waals surface area contributed by atoms with E-state index in [1.54, 1.807) is 10.7 Å². The Hall–Kier alpha value is -4.15. The first kappa shape index (κ1) is 20.5. The first-order valence-electron chi connectivity index (χ1n) is 11.5. The molecule has 6 rings (SSSR count). The van der Waals surface area contributed by atoms with Crippen molar-refractivity contribution >= 4 is 17.2 Å². The van der Waals surface area contributed by atoms with Gasteiger partial charge in [-0.25, -0.2) is 9.50 Å². The summed E-state index contributed by atoms with van der Waals surface area (Å²) in [5, 5.41) is 8.14. The fourth-order valence-electron chi connectivity index (χ4n) is 4.36. The predicted octanol–water partition coefficient (Wildman–Crippen LogP) is 3.24. The molecule has 7 heteroatoms. The Morgan fingerprint density at radius 3 is 2.71 bits per heavy atom. The lowest BCUT2D eigenvalue weighted by atomic mass is 10.1. The zero-order valence-electron chi connectivity index (χ0n) is 18.6.